The Balaban J connectivity index is 2.16. The molecule has 0 radical (unpaired) electrons. The first kappa shape index (κ1) is 9.81. The number of rotatable bonds is 3. The molecule has 1 heterocycles. The van der Waals surface area contributed by atoms with Crippen molar-refractivity contribution in [2.24, 2.45) is 0 Å². The minimum Gasteiger partial charge on any atom is -0.492 e. The van der Waals surface area contributed by atoms with Crippen LogP contribution in [0.25, 0.3) is 0 Å². The molecule has 14 heavy (non-hydrogen) atoms. The SMILES string of the molecule is CCOc1ccc(C2CNC2)cc1Cl. The third-order valence-electron chi connectivity index (χ3n) is 2.51. The van der Waals surface area contributed by atoms with E-state index in [0.717, 1.165) is 23.9 Å². The lowest BCUT2D eigenvalue weighted by Crippen LogP contribution is -2.39. The number of nitrogens with one attached hydrogen (secondary N) is 1. The Hall–Kier alpha value is -0.730. The van der Waals surface area contributed by atoms with Crippen molar-refractivity contribution in [1.82, 2.24) is 5.32 Å². The van der Waals surface area contributed by atoms with Gasteiger partial charge in [0.2, 0.25) is 0 Å². The number of halogens is 1. The molecule has 0 atom stereocenters. The van der Waals surface area contributed by atoms with Gasteiger partial charge < -0.3 is 10.1 Å². The van der Waals surface area contributed by atoms with E-state index >= 15 is 0 Å². The summed E-state index contributed by atoms with van der Waals surface area (Å²) in [6, 6.07) is 6.07. The zero-order chi connectivity index (χ0) is 9.97. The molecule has 1 aromatic carbocycles. The maximum absolute atomic E-state index is 6.09. The molecule has 0 amide bonds. The van der Waals surface area contributed by atoms with Gasteiger partial charge in [-0.25, -0.2) is 0 Å². The highest BCUT2D eigenvalue weighted by atomic mass is 35.5. The lowest BCUT2D eigenvalue weighted by molar-refractivity contribution is 0.340. The van der Waals surface area contributed by atoms with Crippen molar-refractivity contribution in [2.45, 2.75) is 12.8 Å². The normalized spacial score (nSPS) is 16.4. The highest BCUT2D eigenvalue weighted by Gasteiger charge is 2.19. The van der Waals surface area contributed by atoms with Gasteiger partial charge in [0.15, 0.2) is 0 Å². The molecule has 0 aromatic heterocycles. The molecular weight excluding hydrogens is 198 g/mol. The van der Waals surface area contributed by atoms with Crippen molar-refractivity contribution < 1.29 is 4.74 Å². The summed E-state index contributed by atoms with van der Waals surface area (Å²) in [7, 11) is 0. The van der Waals surface area contributed by atoms with Gasteiger partial charge >= 0.3 is 0 Å². The molecule has 76 valence electrons. The molecule has 2 nitrogen and oxygen atoms in total. The Bertz CT molecular complexity index is 323. The van der Waals surface area contributed by atoms with Crippen molar-refractivity contribution >= 4 is 11.6 Å². The summed E-state index contributed by atoms with van der Waals surface area (Å²) in [5.41, 5.74) is 1.30. The fourth-order valence-electron chi connectivity index (χ4n) is 1.57. The van der Waals surface area contributed by atoms with Crippen LogP contribution in [-0.4, -0.2) is 19.7 Å². The second-order valence-corrected chi connectivity index (χ2v) is 3.89. The van der Waals surface area contributed by atoms with Crippen LogP contribution in [0.1, 0.15) is 18.4 Å². The summed E-state index contributed by atoms with van der Waals surface area (Å²) >= 11 is 6.09. The van der Waals surface area contributed by atoms with Crippen LogP contribution in [-0.2, 0) is 0 Å². The molecule has 1 aliphatic rings. The number of benzene rings is 1. The Kier molecular flexibility index (Phi) is 2.94. The van der Waals surface area contributed by atoms with Crippen LogP contribution in [0.15, 0.2) is 18.2 Å². The van der Waals surface area contributed by atoms with Gasteiger partial charge in [-0.2, -0.15) is 0 Å². The summed E-state index contributed by atoms with van der Waals surface area (Å²) in [5, 5.41) is 3.96. The lowest BCUT2D eigenvalue weighted by atomic mass is 9.94. The molecule has 3 heteroatoms. The molecule has 0 unspecified atom stereocenters. The minimum absolute atomic E-state index is 0.628. The summed E-state index contributed by atoms with van der Waals surface area (Å²) < 4.78 is 5.38. The van der Waals surface area contributed by atoms with Gasteiger partial charge in [0.05, 0.1) is 11.6 Å². The third kappa shape index (κ3) is 1.86. The molecule has 1 aromatic rings. The highest BCUT2D eigenvalue weighted by molar-refractivity contribution is 6.32. The predicted molar refractivity (Wildman–Crippen MR) is 58.2 cm³/mol. The number of ether oxygens (including phenoxy) is 1. The Morgan fingerprint density at radius 2 is 2.29 bits per heavy atom. The first-order valence-corrected chi connectivity index (χ1v) is 5.32. The summed E-state index contributed by atoms with van der Waals surface area (Å²) in [6.45, 7) is 4.73. The van der Waals surface area contributed by atoms with E-state index in [1.54, 1.807) is 0 Å². The standard InChI is InChI=1S/C11H14ClNO/c1-2-14-11-4-3-8(5-10(11)12)9-6-13-7-9/h3-5,9,13H,2,6-7H2,1H3. The highest BCUT2D eigenvalue weighted by Crippen LogP contribution is 2.29. The summed E-state index contributed by atoms with van der Waals surface area (Å²) in [4.78, 5) is 0. The zero-order valence-electron chi connectivity index (χ0n) is 8.22. The quantitative estimate of drug-likeness (QED) is 0.829. The van der Waals surface area contributed by atoms with Gasteiger partial charge in [0, 0.05) is 19.0 Å². The van der Waals surface area contributed by atoms with Crippen molar-refractivity contribution in [3.63, 3.8) is 0 Å². The third-order valence-corrected chi connectivity index (χ3v) is 2.80. The van der Waals surface area contributed by atoms with E-state index in [-0.39, 0.29) is 0 Å². The molecule has 0 aliphatic carbocycles. The van der Waals surface area contributed by atoms with E-state index in [1.807, 2.05) is 19.1 Å². The molecule has 0 spiro atoms. The zero-order valence-corrected chi connectivity index (χ0v) is 8.97. The van der Waals surface area contributed by atoms with Crippen LogP contribution in [0, 0.1) is 0 Å². The van der Waals surface area contributed by atoms with Gasteiger partial charge in [-0.15, -0.1) is 0 Å². The van der Waals surface area contributed by atoms with E-state index in [2.05, 4.69) is 11.4 Å². The van der Waals surface area contributed by atoms with Gasteiger partial charge in [-0.05, 0) is 24.6 Å². The smallest absolute Gasteiger partial charge is 0.137 e. The van der Waals surface area contributed by atoms with Gasteiger partial charge in [-0.1, -0.05) is 17.7 Å². The summed E-state index contributed by atoms with van der Waals surface area (Å²) in [6.07, 6.45) is 0. The number of hydrogen-bond donors (Lipinski definition) is 1. The van der Waals surface area contributed by atoms with Crippen LogP contribution in [0.3, 0.4) is 0 Å². The fraction of sp³-hybridized carbons (Fsp3) is 0.455. The average molecular weight is 212 g/mol. The van der Waals surface area contributed by atoms with Crippen molar-refractivity contribution in [3.05, 3.63) is 28.8 Å². The fourth-order valence-corrected chi connectivity index (χ4v) is 1.81. The van der Waals surface area contributed by atoms with Crippen molar-refractivity contribution in [2.75, 3.05) is 19.7 Å². The van der Waals surface area contributed by atoms with E-state index in [4.69, 9.17) is 16.3 Å². The summed E-state index contributed by atoms with van der Waals surface area (Å²) in [5.74, 6) is 1.41. The lowest BCUT2D eigenvalue weighted by Gasteiger charge is -2.27. The average Bonchev–Trinajstić information content (AvgIpc) is 2.07. The molecule has 0 saturated carbocycles. The van der Waals surface area contributed by atoms with Gasteiger partial charge in [0.1, 0.15) is 5.75 Å². The van der Waals surface area contributed by atoms with Crippen LogP contribution in [0.2, 0.25) is 5.02 Å². The minimum atomic E-state index is 0.628. The second kappa shape index (κ2) is 4.20. The maximum atomic E-state index is 6.09. The molecule has 1 aliphatic heterocycles. The van der Waals surface area contributed by atoms with Crippen molar-refractivity contribution in [1.29, 1.82) is 0 Å². The monoisotopic (exact) mass is 211 g/mol. The molecule has 2 rings (SSSR count). The van der Waals surface area contributed by atoms with E-state index < -0.39 is 0 Å². The first-order chi connectivity index (χ1) is 6.81. The Morgan fingerprint density at radius 3 is 2.79 bits per heavy atom. The number of hydrogen-bond acceptors (Lipinski definition) is 2. The van der Waals surface area contributed by atoms with Crippen LogP contribution < -0.4 is 10.1 Å². The first-order valence-electron chi connectivity index (χ1n) is 4.94. The van der Waals surface area contributed by atoms with Gasteiger partial charge in [-0.3, -0.25) is 0 Å². The molecule has 1 fully saturated rings. The molecule has 1 saturated heterocycles. The maximum Gasteiger partial charge on any atom is 0.137 e. The van der Waals surface area contributed by atoms with E-state index in [0.29, 0.717) is 12.5 Å². The second-order valence-electron chi connectivity index (χ2n) is 3.48. The van der Waals surface area contributed by atoms with E-state index in [1.165, 1.54) is 5.56 Å². The molecular formula is C11H14ClNO. The molecule has 1 N–H and O–H groups in total. The van der Waals surface area contributed by atoms with Crippen LogP contribution in [0.5, 0.6) is 5.75 Å². The predicted octanol–water partition coefficient (Wildman–Crippen LogP) is 2.43. The Morgan fingerprint density at radius 1 is 1.50 bits per heavy atom. The largest absolute Gasteiger partial charge is 0.492 e. The van der Waals surface area contributed by atoms with Gasteiger partial charge in [0.25, 0.3) is 0 Å². The topological polar surface area (TPSA) is 21.3 Å². The van der Waals surface area contributed by atoms with Crippen molar-refractivity contribution in [3.8, 4) is 5.75 Å². The van der Waals surface area contributed by atoms with E-state index in [9.17, 15) is 0 Å². The Labute approximate surface area is 89.2 Å². The van der Waals surface area contributed by atoms with Crippen LogP contribution >= 0.6 is 11.6 Å². The van der Waals surface area contributed by atoms with Crippen LogP contribution in [0.4, 0.5) is 0 Å². The molecule has 0 bridgehead atoms.